The summed E-state index contributed by atoms with van der Waals surface area (Å²) in [5, 5.41) is 19.3. The number of fused-ring (bicyclic) bond motifs is 1. The monoisotopic (exact) mass is 386 g/mol. The average Bonchev–Trinajstić information content (AvgIpc) is 2.83. The van der Waals surface area contributed by atoms with Gasteiger partial charge in [-0.25, -0.2) is 9.07 Å². The SMILES string of the molecule is O=[N+]([O-])c1ccc(-n2nc(-c3ccc(F)cc3Cl)c3c2NCCCC3)cc1. The van der Waals surface area contributed by atoms with Crippen LogP contribution < -0.4 is 5.32 Å². The summed E-state index contributed by atoms with van der Waals surface area (Å²) in [4.78, 5) is 10.5. The highest BCUT2D eigenvalue weighted by molar-refractivity contribution is 6.33. The van der Waals surface area contributed by atoms with Crippen LogP contribution in [-0.4, -0.2) is 21.2 Å². The zero-order chi connectivity index (χ0) is 19.0. The van der Waals surface area contributed by atoms with Crippen molar-refractivity contribution in [2.75, 3.05) is 11.9 Å². The first-order chi connectivity index (χ1) is 13.0. The summed E-state index contributed by atoms with van der Waals surface area (Å²) in [5.74, 6) is 0.444. The Morgan fingerprint density at radius 3 is 2.67 bits per heavy atom. The van der Waals surface area contributed by atoms with Gasteiger partial charge in [0, 0.05) is 29.8 Å². The van der Waals surface area contributed by atoms with Gasteiger partial charge in [0.25, 0.3) is 5.69 Å². The molecule has 4 rings (SSSR count). The van der Waals surface area contributed by atoms with Gasteiger partial charge in [0.15, 0.2) is 0 Å². The lowest BCUT2D eigenvalue weighted by Gasteiger charge is -2.09. The second kappa shape index (κ2) is 7.00. The van der Waals surface area contributed by atoms with Crippen LogP contribution in [0, 0.1) is 15.9 Å². The topological polar surface area (TPSA) is 73.0 Å². The quantitative estimate of drug-likeness (QED) is 0.508. The fourth-order valence-corrected chi connectivity index (χ4v) is 3.56. The minimum atomic E-state index is -0.435. The van der Waals surface area contributed by atoms with Crippen LogP contribution in [0.15, 0.2) is 42.5 Å². The van der Waals surface area contributed by atoms with E-state index in [9.17, 15) is 14.5 Å². The van der Waals surface area contributed by atoms with Crippen molar-refractivity contribution in [2.24, 2.45) is 0 Å². The van der Waals surface area contributed by atoms with Crippen LogP contribution in [0.5, 0.6) is 0 Å². The summed E-state index contributed by atoms with van der Waals surface area (Å²) in [6.07, 6.45) is 2.83. The predicted molar refractivity (Wildman–Crippen MR) is 102 cm³/mol. The first-order valence-corrected chi connectivity index (χ1v) is 8.98. The lowest BCUT2D eigenvalue weighted by Crippen LogP contribution is -2.07. The smallest absolute Gasteiger partial charge is 0.269 e. The second-order valence-electron chi connectivity index (χ2n) is 6.37. The van der Waals surface area contributed by atoms with Crippen molar-refractivity contribution in [2.45, 2.75) is 19.3 Å². The Morgan fingerprint density at radius 2 is 1.96 bits per heavy atom. The molecule has 3 aromatic rings. The number of hydrogen-bond acceptors (Lipinski definition) is 4. The summed E-state index contributed by atoms with van der Waals surface area (Å²) in [7, 11) is 0. The van der Waals surface area contributed by atoms with Gasteiger partial charge >= 0.3 is 0 Å². The predicted octanol–water partition coefficient (Wildman–Crippen LogP) is 4.99. The molecule has 2 aromatic carbocycles. The zero-order valence-electron chi connectivity index (χ0n) is 14.3. The summed E-state index contributed by atoms with van der Waals surface area (Å²) in [6, 6.07) is 10.5. The first-order valence-electron chi connectivity index (χ1n) is 8.60. The Morgan fingerprint density at radius 1 is 1.19 bits per heavy atom. The van der Waals surface area contributed by atoms with Crippen molar-refractivity contribution in [1.82, 2.24) is 9.78 Å². The van der Waals surface area contributed by atoms with E-state index < -0.39 is 10.7 Å². The number of nitrogens with one attached hydrogen (secondary N) is 1. The molecule has 0 amide bonds. The van der Waals surface area contributed by atoms with E-state index in [4.69, 9.17) is 16.7 Å². The van der Waals surface area contributed by atoms with Gasteiger partial charge < -0.3 is 5.32 Å². The van der Waals surface area contributed by atoms with Gasteiger partial charge in [0.05, 0.1) is 21.3 Å². The molecule has 1 N–H and O–H groups in total. The third-order valence-corrected chi connectivity index (χ3v) is 4.93. The molecule has 27 heavy (non-hydrogen) atoms. The van der Waals surface area contributed by atoms with E-state index in [2.05, 4.69) is 5.32 Å². The largest absolute Gasteiger partial charge is 0.370 e. The van der Waals surface area contributed by atoms with E-state index in [1.165, 1.54) is 24.3 Å². The highest BCUT2D eigenvalue weighted by Gasteiger charge is 2.23. The Bertz CT molecular complexity index is 1020. The minimum Gasteiger partial charge on any atom is -0.370 e. The molecule has 0 fully saturated rings. The molecule has 2 heterocycles. The number of halogens is 2. The summed E-state index contributed by atoms with van der Waals surface area (Å²) >= 11 is 6.27. The molecule has 0 bridgehead atoms. The van der Waals surface area contributed by atoms with Crippen LogP contribution in [0.4, 0.5) is 15.9 Å². The molecular formula is C19H16ClFN4O2. The summed E-state index contributed by atoms with van der Waals surface area (Å²) in [5.41, 5.74) is 3.10. The Labute approximate surface area is 159 Å². The average molecular weight is 387 g/mol. The maximum absolute atomic E-state index is 13.5. The van der Waals surface area contributed by atoms with Gasteiger partial charge in [-0.05, 0) is 49.6 Å². The van der Waals surface area contributed by atoms with E-state index >= 15 is 0 Å². The normalized spacial score (nSPS) is 13.6. The highest BCUT2D eigenvalue weighted by Crippen LogP contribution is 2.37. The molecule has 138 valence electrons. The number of aromatic nitrogens is 2. The van der Waals surface area contributed by atoms with Crippen molar-refractivity contribution in [3.05, 3.63) is 69.0 Å². The minimum absolute atomic E-state index is 0.0201. The summed E-state index contributed by atoms with van der Waals surface area (Å²) in [6.45, 7) is 0.808. The van der Waals surface area contributed by atoms with E-state index in [1.54, 1.807) is 22.9 Å². The molecule has 1 aliphatic heterocycles. The molecule has 0 spiro atoms. The van der Waals surface area contributed by atoms with Gasteiger partial charge in [-0.1, -0.05) is 11.6 Å². The molecule has 8 heteroatoms. The van der Waals surface area contributed by atoms with Crippen LogP contribution in [-0.2, 0) is 6.42 Å². The summed E-state index contributed by atoms with van der Waals surface area (Å²) < 4.78 is 15.2. The Kier molecular flexibility index (Phi) is 4.53. The van der Waals surface area contributed by atoms with Gasteiger partial charge in [0.1, 0.15) is 11.6 Å². The third kappa shape index (κ3) is 3.26. The maximum Gasteiger partial charge on any atom is 0.269 e. The number of anilines is 1. The van der Waals surface area contributed by atoms with Crippen molar-refractivity contribution in [1.29, 1.82) is 0 Å². The van der Waals surface area contributed by atoms with E-state index in [0.29, 0.717) is 22.0 Å². The molecule has 1 aliphatic rings. The standard InChI is InChI=1S/C19H16ClFN4O2/c20-17-11-12(21)4-9-15(17)18-16-3-1-2-10-22-19(16)24(23-18)13-5-7-14(8-6-13)25(26)27/h4-9,11,22H,1-3,10H2. The molecule has 0 saturated heterocycles. The number of hydrogen-bond donors (Lipinski definition) is 1. The molecular weight excluding hydrogens is 371 g/mol. The number of benzene rings is 2. The van der Waals surface area contributed by atoms with Crippen LogP contribution in [0.25, 0.3) is 16.9 Å². The number of nitro benzene ring substituents is 1. The van der Waals surface area contributed by atoms with E-state index in [1.807, 2.05) is 0 Å². The lowest BCUT2D eigenvalue weighted by atomic mass is 10.0. The zero-order valence-corrected chi connectivity index (χ0v) is 15.0. The van der Waals surface area contributed by atoms with Crippen LogP contribution in [0.2, 0.25) is 5.02 Å². The van der Waals surface area contributed by atoms with Crippen molar-refractivity contribution in [3.63, 3.8) is 0 Å². The molecule has 6 nitrogen and oxygen atoms in total. The van der Waals surface area contributed by atoms with E-state index in [0.717, 1.165) is 37.2 Å². The van der Waals surface area contributed by atoms with Crippen molar-refractivity contribution >= 4 is 23.1 Å². The van der Waals surface area contributed by atoms with Crippen molar-refractivity contribution < 1.29 is 9.31 Å². The van der Waals surface area contributed by atoms with Gasteiger partial charge in [0.2, 0.25) is 0 Å². The van der Waals surface area contributed by atoms with Gasteiger partial charge in [-0.15, -0.1) is 0 Å². The second-order valence-corrected chi connectivity index (χ2v) is 6.78. The van der Waals surface area contributed by atoms with Crippen LogP contribution in [0.3, 0.4) is 0 Å². The maximum atomic E-state index is 13.5. The van der Waals surface area contributed by atoms with Crippen LogP contribution in [0.1, 0.15) is 18.4 Å². The molecule has 0 radical (unpaired) electrons. The third-order valence-electron chi connectivity index (χ3n) is 4.62. The van der Waals surface area contributed by atoms with Gasteiger partial charge in [-0.2, -0.15) is 5.10 Å². The molecule has 0 unspecified atom stereocenters. The lowest BCUT2D eigenvalue weighted by molar-refractivity contribution is -0.384. The first kappa shape index (κ1) is 17.5. The molecule has 0 saturated carbocycles. The number of rotatable bonds is 3. The fraction of sp³-hybridized carbons (Fsp3) is 0.211. The van der Waals surface area contributed by atoms with E-state index in [-0.39, 0.29) is 5.69 Å². The van der Waals surface area contributed by atoms with Gasteiger partial charge in [-0.3, -0.25) is 10.1 Å². The molecule has 1 aromatic heterocycles. The van der Waals surface area contributed by atoms with Crippen molar-refractivity contribution in [3.8, 4) is 16.9 Å². The molecule has 0 aliphatic carbocycles. The number of nitrogens with zero attached hydrogens (tertiary/aromatic N) is 3. The number of non-ortho nitro benzene ring substituents is 1. The number of nitro groups is 1. The highest BCUT2D eigenvalue weighted by atomic mass is 35.5. The van der Waals surface area contributed by atoms with Crippen LogP contribution >= 0.6 is 11.6 Å². The molecule has 0 atom stereocenters. The Balaban J connectivity index is 1.87. The Hall–Kier alpha value is -2.93. The fourth-order valence-electron chi connectivity index (χ4n) is 3.30.